The van der Waals surface area contributed by atoms with Gasteiger partial charge in [0.2, 0.25) is 5.82 Å². The number of rotatable bonds is 2. The monoisotopic (exact) mass is 282 g/mol. The average molecular weight is 283 g/mol. The minimum absolute atomic E-state index is 0.0845. The number of hydrogen-bond donors (Lipinski definition) is 1. The normalized spacial score (nSPS) is 11.0. The molecule has 1 heterocycles. The lowest BCUT2D eigenvalue weighted by molar-refractivity contribution is 0.583. The predicted molar refractivity (Wildman–Crippen MR) is 71.7 cm³/mol. The smallest absolute Gasteiger partial charge is 0.295 e. The Morgan fingerprint density at radius 2 is 1.89 bits per heavy atom. The molecule has 0 bridgehead atoms. The molecule has 0 atom stereocenters. The Balaban J connectivity index is 2.85. The molecule has 19 heavy (non-hydrogen) atoms. The fourth-order valence-corrected chi connectivity index (χ4v) is 2.05. The second kappa shape index (κ2) is 5.01. The topological polar surface area (TPSA) is 54.9 Å². The van der Waals surface area contributed by atoms with Gasteiger partial charge in [-0.15, -0.1) is 0 Å². The van der Waals surface area contributed by atoms with Gasteiger partial charge in [0.05, 0.1) is 5.69 Å². The van der Waals surface area contributed by atoms with Crippen LogP contribution in [-0.2, 0) is 0 Å². The van der Waals surface area contributed by atoms with Crippen molar-refractivity contribution in [2.24, 2.45) is 0 Å². The van der Waals surface area contributed by atoms with Gasteiger partial charge >= 0.3 is 5.69 Å². The Hall–Kier alpha value is -1.88. The summed E-state index contributed by atoms with van der Waals surface area (Å²) in [5.74, 6) is -1.08. The SMILES string of the molecule is CC(C)c1ccccc1-n1c(=O)[nH]c(Cl)c(F)c1=O. The number of para-hydroxylation sites is 1. The van der Waals surface area contributed by atoms with Crippen molar-refractivity contribution in [2.45, 2.75) is 19.8 Å². The van der Waals surface area contributed by atoms with E-state index in [9.17, 15) is 14.0 Å². The van der Waals surface area contributed by atoms with E-state index in [0.29, 0.717) is 5.69 Å². The molecule has 0 amide bonds. The minimum Gasteiger partial charge on any atom is -0.295 e. The van der Waals surface area contributed by atoms with Crippen molar-refractivity contribution in [1.82, 2.24) is 9.55 Å². The molecule has 2 aromatic rings. The van der Waals surface area contributed by atoms with Crippen LogP contribution >= 0.6 is 11.6 Å². The summed E-state index contributed by atoms with van der Waals surface area (Å²) < 4.78 is 14.3. The third kappa shape index (κ3) is 2.33. The second-order valence-corrected chi connectivity index (χ2v) is 4.79. The first kappa shape index (κ1) is 13.5. The molecule has 6 heteroatoms. The Morgan fingerprint density at radius 3 is 2.53 bits per heavy atom. The molecule has 0 aliphatic carbocycles. The summed E-state index contributed by atoms with van der Waals surface area (Å²) in [5, 5.41) is -0.576. The van der Waals surface area contributed by atoms with Crippen LogP contribution in [0.4, 0.5) is 4.39 Å². The maximum Gasteiger partial charge on any atom is 0.334 e. The predicted octanol–water partition coefficient (Wildman–Crippen LogP) is 2.44. The quantitative estimate of drug-likeness (QED) is 0.860. The molecule has 0 saturated carbocycles. The van der Waals surface area contributed by atoms with Crippen molar-refractivity contribution in [3.8, 4) is 5.69 Å². The van der Waals surface area contributed by atoms with Crippen molar-refractivity contribution >= 4 is 11.6 Å². The lowest BCUT2D eigenvalue weighted by Crippen LogP contribution is -2.36. The van der Waals surface area contributed by atoms with Crippen LogP contribution < -0.4 is 11.2 Å². The van der Waals surface area contributed by atoms with E-state index in [1.54, 1.807) is 24.3 Å². The van der Waals surface area contributed by atoms with Crippen molar-refractivity contribution in [3.63, 3.8) is 0 Å². The molecular formula is C13H12ClFN2O2. The average Bonchev–Trinajstić information content (AvgIpc) is 2.36. The van der Waals surface area contributed by atoms with Gasteiger partial charge in [0.1, 0.15) is 0 Å². The van der Waals surface area contributed by atoms with Crippen LogP contribution in [0.15, 0.2) is 33.9 Å². The van der Waals surface area contributed by atoms with Crippen molar-refractivity contribution in [1.29, 1.82) is 0 Å². The summed E-state index contributed by atoms with van der Waals surface area (Å²) in [6.45, 7) is 3.84. The first-order chi connectivity index (χ1) is 8.93. The summed E-state index contributed by atoms with van der Waals surface area (Å²) in [7, 11) is 0. The fourth-order valence-electron chi connectivity index (χ4n) is 1.89. The van der Waals surface area contributed by atoms with Gasteiger partial charge in [0.25, 0.3) is 5.56 Å². The Kier molecular flexibility index (Phi) is 3.57. The standard InChI is InChI=1S/C13H12ClFN2O2/c1-7(2)8-5-3-4-6-9(8)17-12(18)10(15)11(14)16-13(17)19/h3-7H,1-2H3,(H,16,19). The molecule has 0 fully saturated rings. The van der Waals surface area contributed by atoms with Crippen LogP contribution in [0, 0.1) is 5.82 Å². The number of benzene rings is 1. The van der Waals surface area contributed by atoms with Crippen molar-refractivity contribution in [3.05, 3.63) is 61.6 Å². The maximum atomic E-state index is 13.6. The fraction of sp³-hybridized carbons (Fsp3) is 0.231. The number of aromatic nitrogens is 2. The summed E-state index contributed by atoms with van der Waals surface area (Å²) in [5.41, 5.74) is -0.678. The third-order valence-corrected chi connectivity index (χ3v) is 3.06. The van der Waals surface area contributed by atoms with E-state index in [4.69, 9.17) is 11.6 Å². The highest BCUT2D eigenvalue weighted by Gasteiger charge is 2.16. The van der Waals surface area contributed by atoms with Crippen molar-refractivity contribution in [2.75, 3.05) is 0 Å². The van der Waals surface area contributed by atoms with Crippen LogP contribution in [-0.4, -0.2) is 9.55 Å². The summed E-state index contributed by atoms with van der Waals surface area (Å²) in [6.07, 6.45) is 0. The number of nitrogens with one attached hydrogen (secondary N) is 1. The van der Waals surface area contributed by atoms with E-state index in [1.165, 1.54) is 0 Å². The van der Waals surface area contributed by atoms with Gasteiger partial charge in [-0.2, -0.15) is 4.39 Å². The summed E-state index contributed by atoms with van der Waals surface area (Å²) >= 11 is 5.44. The molecule has 0 aliphatic heterocycles. The Bertz CT molecular complexity index is 734. The Labute approximate surface area is 113 Å². The maximum absolute atomic E-state index is 13.6. The molecule has 0 aliphatic rings. The van der Waals surface area contributed by atoms with Crippen LogP contribution in [0.5, 0.6) is 0 Å². The van der Waals surface area contributed by atoms with Gasteiger partial charge in [-0.05, 0) is 17.5 Å². The minimum atomic E-state index is -1.17. The van der Waals surface area contributed by atoms with E-state index >= 15 is 0 Å². The molecule has 2 rings (SSSR count). The highest BCUT2D eigenvalue weighted by molar-refractivity contribution is 6.29. The molecule has 1 N–H and O–H groups in total. The van der Waals surface area contributed by atoms with Crippen LogP contribution in [0.2, 0.25) is 5.15 Å². The molecule has 1 aromatic carbocycles. The van der Waals surface area contributed by atoms with Gasteiger partial charge in [-0.25, -0.2) is 9.36 Å². The van der Waals surface area contributed by atoms with Gasteiger partial charge in [-0.1, -0.05) is 43.6 Å². The zero-order valence-corrected chi connectivity index (χ0v) is 11.2. The van der Waals surface area contributed by atoms with E-state index in [2.05, 4.69) is 4.98 Å². The molecule has 1 aromatic heterocycles. The van der Waals surface area contributed by atoms with Gasteiger partial charge < -0.3 is 0 Å². The number of nitrogens with zero attached hydrogens (tertiary/aromatic N) is 1. The van der Waals surface area contributed by atoms with Gasteiger partial charge in [0.15, 0.2) is 5.15 Å². The lowest BCUT2D eigenvalue weighted by Gasteiger charge is -2.13. The third-order valence-electron chi connectivity index (χ3n) is 2.80. The number of hydrogen-bond acceptors (Lipinski definition) is 2. The molecule has 0 radical (unpaired) electrons. The number of H-pyrrole nitrogens is 1. The number of aromatic amines is 1. The van der Waals surface area contributed by atoms with Crippen molar-refractivity contribution < 1.29 is 4.39 Å². The molecule has 0 unspecified atom stereocenters. The van der Waals surface area contributed by atoms with E-state index in [-0.39, 0.29) is 5.92 Å². The first-order valence-electron chi connectivity index (χ1n) is 5.73. The van der Waals surface area contributed by atoms with E-state index in [1.807, 2.05) is 13.8 Å². The highest BCUT2D eigenvalue weighted by Crippen LogP contribution is 2.21. The lowest BCUT2D eigenvalue weighted by atomic mass is 10.0. The summed E-state index contributed by atoms with van der Waals surface area (Å²) in [4.78, 5) is 25.8. The molecule has 100 valence electrons. The second-order valence-electron chi connectivity index (χ2n) is 4.41. The number of halogens is 2. The zero-order chi connectivity index (χ0) is 14.2. The largest absolute Gasteiger partial charge is 0.334 e. The van der Waals surface area contributed by atoms with E-state index in [0.717, 1.165) is 10.1 Å². The van der Waals surface area contributed by atoms with Gasteiger partial charge in [-0.3, -0.25) is 9.78 Å². The van der Waals surface area contributed by atoms with Gasteiger partial charge in [0, 0.05) is 0 Å². The molecular weight excluding hydrogens is 271 g/mol. The molecule has 4 nitrogen and oxygen atoms in total. The first-order valence-corrected chi connectivity index (χ1v) is 6.11. The Morgan fingerprint density at radius 1 is 1.26 bits per heavy atom. The summed E-state index contributed by atoms with van der Waals surface area (Å²) in [6, 6.07) is 6.86. The van der Waals surface area contributed by atoms with Crippen LogP contribution in [0.3, 0.4) is 0 Å². The van der Waals surface area contributed by atoms with Crippen LogP contribution in [0.1, 0.15) is 25.3 Å². The molecule has 0 saturated heterocycles. The highest BCUT2D eigenvalue weighted by atomic mass is 35.5. The van der Waals surface area contributed by atoms with E-state index < -0.39 is 22.2 Å². The zero-order valence-electron chi connectivity index (χ0n) is 10.4. The van der Waals surface area contributed by atoms with Crippen LogP contribution in [0.25, 0.3) is 5.69 Å². The molecule has 0 spiro atoms.